The molecular weight excluding hydrogens is 370 g/mol. The maximum atomic E-state index is 6.47. The van der Waals surface area contributed by atoms with Gasteiger partial charge in [-0.15, -0.1) is 0 Å². The molecule has 2 aromatic carbocycles. The van der Waals surface area contributed by atoms with Gasteiger partial charge in [-0.3, -0.25) is 4.84 Å². The van der Waals surface area contributed by atoms with E-state index in [1.165, 1.54) is 22.3 Å². The summed E-state index contributed by atoms with van der Waals surface area (Å²) >= 11 is 0. The Morgan fingerprint density at radius 3 is 2.03 bits per heavy atom. The van der Waals surface area contributed by atoms with Gasteiger partial charge in [0.2, 0.25) is 0 Å². The molecule has 0 spiro atoms. The third kappa shape index (κ3) is 6.33. The summed E-state index contributed by atoms with van der Waals surface area (Å²) in [6.07, 6.45) is 1.13. The normalized spacial score (nSPS) is 14.4. The SMILES string of the molecule is CCO[N+](CC)(Cc1cccc(C)c1C)Oc1ccc(C(C)(C)CC(C)(C)C)cc1. The van der Waals surface area contributed by atoms with Crippen LogP contribution in [0.4, 0.5) is 0 Å². The van der Waals surface area contributed by atoms with E-state index in [4.69, 9.17) is 9.68 Å². The topological polar surface area (TPSA) is 18.5 Å². The predicted octanol–water partition coefficient (Wildman–Crippen LogP) is 7.30. The average Bonchev–Trinajstić information content (AvgIpc) is 2.64. The molecule has 166 valence electrons. The molecule has 30 heavy (non-hydrogen) atoms. The van der Waals surface area contributed by atoms with Crippen molar-refractivity contribution >= 4 is 0 Å². The molecule has 0 amide bonds. The highest BCUT2D eigenvalue weighted by molar-refractivity contribution is 5.33. The summed E-state index contributed by atoms with van der Waals surface area (Å²) in [5.41, 5.74) is 5.60. The summed E-state index contributed by atoms with van der Waals surface area (Å²) < 4.78 is 0. The lowest BCUT2D eigenvalue weighted by molar-refractivity contribution is -1.23. The van der Waals surface area contributed by atoms with Gasteiger partial charge < -0.3 is 0 Å². The molecule has 0 aliphatic rings. The Morgan fingerprint density at radius 2 is 1.50 bits per heavy atom. The Labute approximate surface area is 184 Å². The van der Waals surface area contributed by atoms with Crippen molar-refractivity contribution in [3.63, 3.8) is 0 Å². The molecule has 0 saturated heterocycles. The Kier molecular flexibility index (Phi) is 7.76. The van der Waals surface area contributed by atoms with E-state index in [0.717, 1.165) is 18.7 Å². The first-order chi connectivity index (χ1) is 13.9. The number of quaternary nitrogens is 1. The van der Waals surface area contributed by atoms with Gasteiger partial charge in [-0.1, -0.05) is 65.0 Å². The summed E-state index contributed by atoms with van der Waals surface area (Å²) in [6.45, 7) is 22.0. The van der Waals surface area contributed by atoms with Gasteiger partial charge in [0.05, 0.1) is 0 Å². The minimum absolute atomic E-state index is 0.117. The number of aryl methyl sites for hydroxylation is 1. The zero-order valence-corrected chi connectivity index (χ0v) is 20.6. The van der Waals surface area contributed by atoms with E-state index in [2.05, 4.69) is 97.9 Å². The van der Waals surface area contributed by atoms with Crippen molar-refractivity contribution in [2.24, 2.45) is 5.41 Å². The molecule has 0 bridgehead atoms. The Hall–Kier alpha value is -1.84. The molecule has 0 fully saturated rings. The molecule has 0 aliphatic carbocycles. The van der Waals surface area contributed by atoms with E-state index in [9.17, 15) is 0 Å². The third-order valence-electron chi connectivity index (χ3n) is 5.85. The molecule has 0 heterocycles. The minimum Gasteiger partial charge on any atom is -0.280 e. The van der Waals surface area contributed by atoms with Crippen molar-refractivity contribution < 1.29 is 14.5 Å². The summed E-state index contributed by atoms with van der Waals surface area (Å²) in [4.78, 5) is 12.8. The van der Waals surface area contributed by atoms with Gasteiger partial charge in [-0.05, 0) is 73.8 Å². The van der Waals surface area contributed by atoms with E-state index < -0.39 is 0 Å². The summed E-state index contributed by atoms with van der Waals surface area (Å²) in [5.74, 6) is 0.839. The van der Waals surface area contributed by atoms with E-state index >= 15 is 0 Å². The molecule has 0 aliphatic heterocycles. The van der Waals surface area contributed by atoms with E-state index in [0.29, 0.717) is 13.2 Å². The van der Waals surface area contributed by atoms with Gasteiger partial charge in [0.25, 0.3) is 0 Å². The maximum absolute atomic E-state index is 6.47. The monoisotopic (exact) mass is 412 g/mol. The summed E-state index contributed by atoms with van der Waals surface area (Å²) in [5, 5.41) is 0. The largest absolute Gasteiger partial charge is 0.280 e. The molecule has 2 aromatic rings. The highest BCUT2D eigenvalue weighted by Crippen LogP contribution is 2.37. The van der Waals surface area contributed by atoms with Crippen LogP contribution < -0.4 is 4.84 Å². The molecule has 3 heteroatoms. The standard InChI is InChI=1S/C27H42NO2/c1-10-28(29-11-2,19-23-14-12-13-21(3)22(23)4)30-25-17-15-24(16-18-25)27(8,9)20-26(5,6)7/h12-18H,10-11,19-20H2,1-9H3/q+1. The number of hydrogen-bond donors (Lipinski definition) is 0. The van der Waals surface area contributed by atoms with Crippen LogP contribution >= 0.6 is 0 Å². The van der Waals surface area contributed by atoms with Crippen LogP contribution in [-0.2, 0) is 16.8 Å². The molecule has 0 N–H and O–H groups in total. The van der Waals surface area contributed by atoms with Gasteiger partial charge in [-0.25, -0.2) is 0 Å². The Morgan fingerprint density at radius 1 is 0.867 bits per heavy atom. The molecule has 3 nitrogen and oxygen atoms in total. The number of hydrogen-bond acceptors (Lipinski definition) is 2. The van der Waals surface area contributed by atoms with Crippen LogP contribution in [0.15, 0.2) is 42.5 Å². The molecule has 0 saturated carbocycles. The zero-order valence-electron chi connectivity index (χ0n) is 20.6. The summed E-state index contributed by atoms with van der Waals surface area (Å²) in [6, 6.07) is 15.0. The van der Waals surface area contributed by atoms with E-state index in [1.807, 2.05) is 6.92 Å². The van der Waals surface area contributed by atoms with Crippen molar-refractivity contribution in [2.75, 3.05) is 13.2 Å². The first-order valence-corrected chi connectivity index (χ1v) is 11.3. The van der Waals surface area contributed by atoms with Crippen LogP contribution in [0.1, 0.15) is 77.1 Å². The second kappa shape index (κ2) is 9.53. The maximum Gasteiger partial charge on any atom is 0.194 e. The minimum atomic E-state index is 0.117. The first-order valence-electron chi connectivity index (χ1n) is 11.3. The quantitative estimate of drug-likeness (QED) is 0.318. The third-order valence-corrected chi connectivity index (χ3v) is 5.85. The smallest absolute Gasteiger partial charge is 0.194 e. The highest BCUT2D eigenvalue weighted by Gasteiger charge is 2.33. The van der Waals surface area contributed by atoms with Crippen molar-refractivity contribution in [1.29, 1.82) is 0 Å². The van der Waals surface area contributed by atoms with Crippen LogP contribution in [0, 0.1) is 19.3 Å². The predicted molar refractivity (Wildman–Crippen MR) is 126 cm³/mol. The van der Waals surface area contributed by atoms with E-state index in [1.54, 1.807) is 0 Å². The van der Waals surface area contributed by atoms with Crippen LogP contribution in [0.3, 0.4) is 0 Å². The van der Waals surface area contributed by atoms with Gasteiger partial charge in [0.15, 0.2) is 12.3 Å². The molecular formula is C27H42NO2+. The second-order valence-corrected chi connectivity index (χ2v) is 10.3. The van der Waals surface area contributed by atoms with Crippen molar-refractivity contribution in [3.8, 4) is 5.75 Å². The lowest BCUT2D eigenvalue weighted by Gasteiger charge is -2.34. The molecule has 1 unspecified atom stereocenters. The number of rotatable bonds is 9. The van der Waals surface area contributed by atoms with Crippen LogP contribution in [0.5, 0.6) is 5.75 Å². The van der Waals surface area contributed by atoms with E-state index in [-0.39, 0.29) is 15.6 Å². The fourth-order valence-electron chi connectivity index (χ4n) is 4.44. The van der Waals surface area contributed by atoms with Crippen LogP contribution in [0.25, 0.3) is 0 Å². The number of benzene rings is 2. The van der Waals surface area contributed by atoms with Gasteiger partial charge >= 0.3 is 0 Å². The Bertz CT molecular complexity index is 818. The lowest BCUT2D eigenvalue weighted by Crippen LogP contribution is -2.50. The Balaban J connectivity index is 2.27. The van der Waals surface area contributed by atoms with Gasteiger partial charge in [-0.2, -0.15) is 4.84 Å². The summed E-state index contributed by atoms with van der Waals surface area (Å²) in [7, 11) is 0. The molecule has 1 atom stereocenters. The lowest BCUT2D eigenvalue weighted by atomic mass is 9.72. The number of nitrogens with zero attached hydrogens (tertiary/aromatic N) is 1. The molecule has 0 aromatic heterocycles. The van der Waals surface area contributed by atoms with Crippen LogP contribution in [0.2, 0.25) is 0 Å². The fourth-order valence-corrected chi connectivity index (χ4v) is 4.44. The van der Waals surface area contributed by atoms with Gasteiger partial charge in [0.1, 0.15) is 13.2 Å². The zero-order chi connectivity index (χ0) is 22.6. The second-order valence-electron chi connectivity index (χ2n) is 10.3. The highest BCUT2D eigenvalue weighted by atomic mass is 17.0. The van der Waals surface area contributed by atoms with Crippen molar-refractivity contribution in [2.45, 2.75) is 80.7 Å². The molecule has 0 radical (unpaired) electrons. The van der Waals surface area contributed by atoms with Crippen LogP contribution in [-0.4, -0.2) is 18.0 Å². The van der Waals surface area contributed by atoms with Crippen molar-refractivity contribution in [3.05, 3.63) is 64.7 Å². The number of hydroxylamine groups is 4. The average molecular weight is 413 g/mol. The fraction of sp³-hybridized carbons (Fsp3) is 0.556. The molecule has 2 rings (SSSR count). The van der Waals surface area contributed by atoms with Crippen molar-refractivity contribution in [1.82, 2.24) is 0 Å². The first kappa shape index (κ1) is 24.4. The van der Waals surface area contributed by atoms with Gasteiger partial charge in [0, 0.05) is 10.4 Å².